The molecular weight excluding hydrogens is 668 g/mol. The Labute approximate surface area is 306 Å². The molecule has 8 N–H and O–H groups in total. The van der Waals surface area contributed by atoms with Crippen molar-refractivity contribution in [1.29, 1.82) is 0 Å². The van der Waals surface area contributed by atoms with E-state index in [0.717, 1.165) is 5.56 Å². The second kappa shape index (κ2) is 20.6. The lowest BCUT2D eigenvalue weighted by Gasteiger charge is -2.27. The van der Waals surface area contributed by atoms with Crippen LogP contribution in [0.15, 0.2) is 54.6 Å². The summed E-state index contributed by atoms with van der Waals surface area (Å²) in [4.78, 5) is 77.6. The van der Waals surface area contributed by atoms with Gasteiger partial charge in [-0.15, -0.1) is 0 Å². The van der Waals surface area contributed by atoms with Crippen LogP contribution in [-0.2, 0) is 41.7 Å². The third-order valence-electron chi connectivity index (χ3n) is 7.64. The Hall–Kier alpha value is -5.14. The second-order valence-electron chi connectivity index (χ2n) is 14.7. The van der Waals surface area contributed by atoms with Gasteiger partial charge in [0.05, 0.1) is 0 Å². The molecule has 0 unspecified atom stereocenters. The van der Waals surface area contributed by atoms with E-state index in [0.29, 0.717) is 17.9 Å². The Morgan fingerprint density at radius 3 is 1.71 bits per heavy atom. The lowest BCUT2D eigenvalue weighted by Crippen LogP contribution is -2.59. The molecule has 286 valence electrons. The van der Waals surface area contributed by atoms with Gasteiger partial charge in [-0.3, -0.25) is 24.0 Å². The van der Waals surface area contributed by atoms with Gasteiger partial charge < -0.3 is 42.2 Å². The highest BCUT2D eigenvalue weighted by atomic mass is 16.6. The number of primary amides is 2. The lowest BCUT2D eigenvalue weighted by atomic mass is 10.00. The largest absolute Gasteiger partial charge is 0.489 e. The molecule has 14 nitrogen and oxygen atoms in total. The molecule has 0 aliphatic rings. The molecule has 0 bridgehead atoms. The van der Waals surface area contributed by atoms with E-state index in [1.807, 2.05) is 58.0 Å². The SMILES string of the molecule is CC(C)C[C@H](NC(=O)[C@H](CCC(N)=O)NC(=O)[C@@H](Cc1ccc(OCc2ccccc2)cc1)NC(=O)[C@H](CC(C)C)NC(=O)OC(C)(C)C)C(N)=O. The molecule has 14 heteroatoms. The molecular formula is C38H56N6O8. The fraction of sp³-hybridized carbons (Fsp3) is 0.526. The van der Waals surface area contributed by atoms with Gasteiger partial charge in [-0.2, -0.15) is 0 Å². The number of nitrogens with one attached hydrogen (secondary N) is 4. The summed E-state index contributed by atoms with van der Waals surface area (Å²) in [6.07, 6.45) is -0.747. The Morgan fingerprint density at radius 1 is 0.654 bits per heavy atom. The van der Waals surface area contributed by atoms with Crippen molar-refractivity contribution in [3.05, 3.63) is 65.7 Å². The molecule has 0 spiro atoms. The molecule has 2 rings (SSSR count). The highest BCUT2D eigenvalue weighted by Gasteiger charge is 2.32. The van der Waals surface area contributed by atoms with Gasteiger partial charge in [0, 0.05) is 12.8 Å². The van der Waals surface area contributed by atoms with Crippen LogP contribution in [0.25, 0.3) is 0 Å². The molecule has 0 saturated carbocycles. The van der Waals surface area contributed by atoms with Gasteiger partial charge in [0.15, 0.2) is 0 Å². The third-order valence-corrected chi connectivity index (χ3v) is 7.64. The molecule has 2 aromatic rings. The van der Waals surface area contributed by atoms with Crippen LogP contribution in [0, 0.1) is 11.8 Å². The zero-order valence-electron chi connectivity index (χ0n) is 31.3. The van der Waals surface area contributed by atoms with E-state index in [1.54, 1.807) is 45.0 Å². The van der Waals surface area contributed by atoms with Crippen LogP contribution in [0.3, 0.4) is 0 Å². The molecule has 0 heterocycles. The van der Waals surface area contributed by atoms with Gasteiger partial charge in [0.25, 0.3) is 0 Å². The lowest BCUT2D eigenvalue weighted by molar-refractivity contribution is -0.134. The average Bonchev–Trinajstić information content (AvgIpc) is 3.04. The van der Waals surface area contributed by atoms with Crippen molar-refractivity contribution in [2.75, 3.05) is 0 Å². The van der Waals surface area contributed by atoms with Crippen LogP contribution in [0.1, 0.15) is 85.3 Å². The number of carbonyl (C=O) groups excluding carboxylic acids is 6. The van der Waals surface area contributed by atoms with Gasteiger partial charge >= 0.3 is 6.09 Å². The predicted octanol–water partition coefficient (Wildman–Crippen LogP) is 3.00. The normalized spacial score (nSPS) is 13.6. The summed E-state index contributed by atoms with van der Waals surface area (Å²) in [6.45, 7) is 12.9. The fourth-order valence-electron chi connectivity index (χ4n) is 5.15. The fourth-order valence-corrected chi connectivity index (χ4v) is 5.15. The molecule has 2 aromatic carbocycles. The maximum absolute atomic E-state index is 14.0. The number of hydrogen-bond donors (Lipinski definition) is 6. The number of ether oxygens (including phenoxy) is 2. The average molecular weight is 725 g/mol. The van der Waals surface area contributed by atoms with E-state index < -0.39 is 65.4 Å². The first-order valence-electron chi connectivity index (χ1n) is 17.6. The summed E-state index contributed by atoms with van der Waals surface area (Å²) in [6, 6.07) is 12.0. The first kappa shape index (κ1) is 43.0. The molecule has 6 amide bonds. The number of amides is 6. The Balaban J connectivity index is 2.38. The van der Waals surface area contributed by atoms with Crippen LogP contribution >= 0.6 is 0 Å². The summed E-state index contributed by atoms with van der Waals surface area (Å²) in [5, 5.41) is 10.6. The van der Waals surface area contributed by atoms with Crippen LogP contribution in [0.4, 0.5) is 4.79 Å². The molecule has 0 saturated heterocycles. The number of carbonyl (C=O) groups is 6. The first-order valence-corrected chi connectivity index (χ1v) is 17.6. The van der Waals surface area contributed by atoms with E-state index in [4.69, 9.17) is 20.9 Å². The van der Waals surface area contributed by atoms with Crippen molar-refractivity contribution in [2.24, 2.45) is 23.3 Å². The van der Waals surface area contributed by atoms with Crippen molar-refractivity contribution in [2.45, 2.75) is 117 Å². The molecule has 0 radical (unpaired) electrons. The van der Waals surface area contributed by atoms with Crippen LogP contribution in [0.2, 0.25) is 0 Å². The summed E-state index contributed by atoms with van der Waals surface area (Å²) in [5.74, 6) is -3.01. The third kappa shape index (κ3) is 16.7. The van der Waals surface area contributed by atoms with Gasteiger partial charge in [-0.25, -0.2) is 4.79 Å². The zero-order chi connectivity index (χ0) is 39.0. The van der Waals surface area contributed by atoms with Crippen molar-refractivity contribution in [3.8, 4) is 5.75 Å². The zero-order valence-corrected chi connectivity index (χ0v) is 31.3. The number of nitrogens with two attached hydrogens (primary N) is 2. The standard InChI is InChI=1S/C38H56N6O8/c1-23(2)19-29(33(40)46)42-34(47)28(17-18-32(39)45)41-36(49)31(43-35(48)30(20-24(3)4)44-37(50)52-38(5,6)7)21-25-13-15-27(16-14-25)51-22-26-11-9-8-10-12-26/h8-16,23-24,28-31H,17-22H2,1-7H3,(H2,39,45)(H2,40,46)(H,41,49)(H,42,47)(H,43,48)(H,44,50)/t28-,29-,30-,31+/m0/s1. The Bertz CT molecular complexity index is 1490. The maximum atomic E-state index is 14.0. The monoisotopic (exact) mass is 724 g/mol. The molecule has 0 aliphatic heterocycles. The van der Waals surface area contributed by atoms with E-state index in [-0.39, 0.29) is 43.9 Å². The van der Waals surface area contributed by atoms with Gasteiger partial charge in [-0.1, -0.05) is 70.2 Å². The van der Waals surface area contributed by atoms with Gasteiger partial charge in [0.2, 0.25) is 29.5 Å². The number of rotatable bonds is 20. The summed E-state index contributed by atoms with van der Waals surface area (Å²) in [5.41, 5.74) is 11.7. The molecule has 52 heavy (non-hydrogen) atoms. The van der Waals surface area contributed by atoms with E-state index in [9.17, 15) is 28.8 Å². The molecule has 0 aromatic heterocycles. The summed E-state index contributed by atoms with van der Waals surface area (Å²) in [7, 11) is 0. The minimum absolute atomic E-state index is 0.0132. The van der Waals surface area contributed by atoms with Crippen LogP contribution in [0.5, 0.6) is 5.75 Å². The van der Waals surface area contributed by atoms with E-state index >= 15 is 0 Å². The number of alkyl carbamates (subject to hydrolysis) is 1. The van der Waals surface area contributed by atoms with Crippen molar-refractivity contribution in [1.82, 2.24) is 21.3 Å². The predicted molar refractivity (Wildman–Crippen MR) is 196 cm³/mol. The quantitative estimate of drug-likeness (QED) is 0.119. The van der Waals surface area contributed by atoms with Crippen LogP contribution in [-0.4, -0.2) is 65.4 Å². The highest BCUT2D eigenvalue weighted by molar-refractivity contribution is 5.95. The number of benzene rings is 2. The summed E-state index contributed by atoms with van der Waals surface area (Å²) < 4.78 is 11.3. The minimum Gasteiger partial charge on any atom is -0.489 e. The Kier molecular flexibility index (Phi) is 17.1. The topological polar surface area (TPSA) is 221 Å². The van der Waals surface area contributed by atoms with Crippen LogP contribution < -0.4 is 37.5 Å². The van der Waals surface area contributed by atoms with Gasteiger partial charge in [-0.05, 0) is 75.1 Å². The number of hydrogen-bond acceptors (Lipinski definition) is 8. The van der Waals surface area contributed by atoms with E-state index in [1.165, 1.54) is 0 Å². The van der Waals surface area contributed by atoms with Crippen molar-refractivity contribution < 1.29 is 38.2 Å². The highest BCUT2D eigenvalue weighted by Crippen LogP contribution is 2.17. The maximum Gasteiger partial charge on any atom is 0.408 e. The van der Waals surface area contributed by atoms with Crippen molar-refractivity contribution >= 4 is 35.6 Å². The molecule has 0 fully saturated rings. The van der Waals surface area contributed by atoms with Crippen molar-refractivity contribution in [3.63, 3.8) is 0 Å². The summed E-state index contributed by atoms with van der Waals surface area (Å²) >= 11 is 0. The minimum atomic E-state index is -1.30. The molecule has 0 aliphatic carbocycles. The smallest absolute Gasteiger partial charge is 0.408 e. The Morgan fingerprint density at radius 2 is 1.17 bits per heavy atom. The van der Waals surface area contributed by atoms with Gasteiger partial charge in [0.1, 0.15) is 42.1 Å². The molecule has 4 atom stereocenters. The second-order valence-corrected chi connectivity index (χ2v) is 14.7. The van der Waals surface area contributed by atoms with E-state index in [2.05, 4.69) is 21.3 Å². The first-order chi connectivity index (χ1) is 24.3.